The van der Waals surface area contributed by atoms with Crippen molar-refractivity contribution in [1.82, 2.24) is 4.98 Å². The van der Waals surface area contributed by atoms with Crippen molar-refractivity contribution in [3.05, 3.63) is 39.9 Å². The minimum Gasteiger partial charge on any atom is -0.476 e. The number of thiazole rings is 1. The molecule has 0 atom stereocenters. The van der Waals surface area contributed by atoms with Crippen molar-refractivity contribution < 1.29 is 9.90 Å². The van der Waals surface area contributed by atoms with Gasteiger partial charge in [-0.3, -0.25) is 0 Å². The minimum atomic E-state index is -0.988. The molecule has 0 aliphatic rings. The Morgan fingerprint density at radius 2 is 2.06 bits per heavy atom. The van der Waals surface area contributed by atoms with Crippen molar-refractivity contribution in [3.8, 4) is 0 Å². The number of nitrogens with one attached hydrogen (secondary N) is 1. The van der Waals surface area contributed by atoms with Crippen LogP contribution < -0.4 is 5.32 Å². The Kier molecular flexibility index (Phi) is 3.34. The number of benzene rings is 1. The summed E-state index contributed by atoms with van der Waals surface area (Å²) < 4.78 is 0. The Morgan fingerprint density at radius 1 is 1.33 bits per heavy atom. The van der Waals surface area contributed by atoms with Gasteiger partial charge >= 0.3 is 5.97 Å². The number of aromatic nitrogens is 1. The smallest absolute Gasteiger partial charge is 0.355 e. The highest BCUT2D eigenvalue weighted by Crippen LogP contribution is 2.27. The first-order chi connectivity index (χ1) is 8.47. The molecule has 0 saturated carbocycles. The van der Waals surface area contributed by atoms with Crippen molar-refractivity contribution >= 4 is 28.1 Å². The van der Waals surface area contributed by atoms with Crippen molar-refractivity contribution in [1.29, 1.82) is 0 Å². The fourth-order valence-electron chi connectivity index (χ4n) is 1.72. The number of aryl methyl sites for hydroxylation is 3. The first-order valence-corrected chi connectivity index (χ1v) is 6.34. The summed E-state index contributed by atoms with van der Waals surface area (Å²) in [4.78, 5) is 15.7. The highest BCUT2D eigenvalue weighted by molar-refractivity contribution is 7.15. The van der Waals surface area contributed by atoms with Gasteiger partial charge in [0.05, 0.1) is 0 Å². The molecule has 0 bridgehead atoms. The largest absolute Gasteiger partial charge is 0.476 e. The molecule has 2 N–H and O–H groups in total. The molecule has 0 fully saturated rings. The standard InChI is InChI=1S/C13H14N2O2S/c1-7-4-5-10(8(2)6-7)14-13-15-11(12(16)17)9(3)18-13/h4-6H,1-3H3,(H,14,15)(H,16,17). The summed E-state index contributed by atoms with van der Waals surface area (Å²) in [7, 11) is 0. The molecule has 0 aliphatic carbocycles. The van der Waals surface area contributed by atoms with Gasteiger partial charge in [-0.05, 0) is 32.4 Å². The van der Waals surface area contributed by atoms with E-state index in [-0.39, 0.29) is 5.69 Å². The van der Waals surface area contributed by atoms with Gasteiger partial charge in [-0.25, -0.2) is 9.78 Å². The fraction of sp³-hybridized carbons (Fsp3) is 0.231. The van der Waals surface area contributed by atoms with E-state index < -0.39 is 5.97 Å². The lowest BCUT2D eigenvalue weighted by atomic mass is 10.1. The third-order valence-corrected chi connectivity index (χ3v) is 3.51. The number of hydrogen-bond acceptors (Lipinski definition) is 4. The third kappa shape index (κ3) is 2.51. The second kappa shape index (κ2) is 4.78. The van der Waals surface area contributed by atoms with Crippen LogP contribution in [0.1, 0.15) is 26.5 Å². The summed E-state index contributed by atoms with van der Waals surface area (Å²) in [6, 6.07) is 6.05. The molecular formula is C13H14N2O2S. The Labute approximate surface area is 109 Å². The molecule has 18 heavy (non-hydrogen) atoms. The van der Waals surface area contributed by atoms with Gasteiger partial charge in [0.15, 0.2) is 10.8 Å². The van der Waals surface area contributed by atoms with Crippen LogP contribution in [0.5, 0.6) is 0 Å². The van der Waals surface area contributed by atoms with Gasteiger partial charge in [0.2, 0.25) is 0 Å². The third-order valence-electron chi connectivity index (χ3n) is 2.62. The minimum absolute atomic E-state index is 0.118. The first kappa shape index (κ1) is 12.6. The monoisotopic (exact) mass is 262 g/mol. The number of carbonyl (C=O) groups is 1. The van der Waals surface area contributed by atoms with Crippen LogP contribution in [-0.4, -0.2) is 16.1 Å². The van der Waals surface area contributed by atoms with Gasteiger partial charge in [0.1, 0.15) is 0 Å². The van der Waals surface area contributed by atoms with E-state index in [1.807, 2.05) is 26.0 Å². The molecular weight excluding hydrogens is 248 g/mol. The molecule has 5 heteroatoms. The lowest BCUT2D eigenvalue weighted by Gasteiger charge is -2.07. The van der Waals surface area contributed by atoms with Crippen LogP contribution >= 0.6 is 11.3 Å². The Bertz CT molecular complexity index is 605. The summed E-state index contributed by atoms with van der Waals surface area (Å²) >= 11 is 1.35. The maximum Gasteiger partial charge on any atom is 0.355 e. The SMILES string of the molecule is Cc1ccc(Nc2nc(C(=O)O)c(C)s2)c(C)c1. The number of carboxylic acids is 1. The maximum atomic E-state index is 10.9. The number of rotatable bonds is 3. The van der Waals surface area contributed by atoms with Gasteiger partial charge in [-0.15, -0.1) is 11.3 Å². The predicted molar refractivity (Wildman–Crippen MR) is 73.0 cm³/mol. The molecule has 2 aromatic rings. The Hall–Kier alpha value is -1.88. The first-order valence-electron chi connectivity index (χ1n) is 5.52. The number of aromatic carboxylic acids is 1. The fourth-order valence-corrected chi connectivity index (χ4v) is 2.53. The Morgan fingerprint density at radius 3 is 2.61 bits per heavy atom. The zero-order valence-corrected chi connectivity index (χ0v) is 11.3. The van der Waals surface area contributed by atoms with E-state index in [1.54, 1.807) is 6.92 Å². The van der Waals surface area contributed by atoms with E-state index in [0.717, 1.165) is 11.3 Å². The van der Waals surface area contributed by atoms with Gasteiger partial charge in [0, 0.05) is 10.6 Å². The molecule has 0 radical (unpaired) electrons. The lowest BCUT2D eigenvalue weighted by molar-refractivity contribution is 0.0690. The highest BCUT2D eigenvalue weighted by Gasteiger charge is 2.14. The van der Waals surface area contributed by atoms with E-state index in [0.29, 0.717) is 10.0 Å². The quantitative estimate of drug-likeness (QED) is 0.888. The molecule has 1 aromatic carbocycles. The average Bonchev–Trinajstić information content (AvgIpc) is 2.64. The molecule has 1 aromatic heterocycles. The van der Waals surface area contributed by atoms with Gasteiger partial charge in [-0.1, -0.05) is 17.7 Å². The van der Waals surface area contributed by atoms with Crippen LogP contribution in [0.3, 0.4) is 0 Å². The summed E-state index contributed by atoms with van der Waals surface area (Å²) in [6.07, 6.45) is 0. The summed E-state index contributed by atoms with van der Waals surface area (Å²) in [5.74, 6) is -0.988. The van der Waals surface area contributed by atoms with Gasteiger partial charge < -0.3 is 10.4 Å². The van der Waals surface area contributed by atoms with Gasteiger partial charge in [-0.2, -0.15) is 0 Å². The zero-order chi connectivity index (χ0) is 13.3. The average molecular weight is 262 g/mol. The lowest BCUT2D eigenvalue weighted by Crippen LogP contribution is -1.99. The molecule has 0 aliphatic heterocycles. The van der Waals surface area contributed by atoms with Crippen molar-refractivity contribution in [2.45, 2.75) is 20.8 Å². The second-order valence-electron chi connectivity index (χ2n) is 4.17. The van der Waals surface area contributed by atoms with E-state index in [1.165, 1.54) is 16.9 Å². The van der Waals surface area contributed by atoms with Crippen LogP contribution in [0.2, 0.25) is 0 Å². The zero-order valence-electron chi connectivity index (χ0n) is 10.4. The van der Waals surface area contributed by atoms with E-state index in [2.05, 4.69) is 16.4 Å². The normalized spacial score (nSPS) is 10.4. The van der Waals surface area contributed by atoms with Crippen LogP contribution in [-0.2, 0) is 0 Å². The molecule has 1 heterocycles. The second-order valence-corrected chi connectivity index (χ2v) is 5.38. The molecule has 0 saturated heterocycles. The van der Waals surface area contributed by atoms with E-state index in [9.17, 15) is 4.79 Å². The van der Waals surface area contributed by atoms with Crippen molar-refractivity contribution in [3.63, 3.8) is 0 Å². The topological polar surface area (TPSA) is 62.2 Å². The highest BCUT2D eigenvalue weighted by atomic mass is 32.1. The summed E-state index contributed by atoms with van der Waals surface area (Å²) in [5.41, 5.74) is 3.37. The molecule has 0 spiro atoms. The molecule has 0 amide bonds. The molecule has 2 rings (SSSR count). The number of anilines is 2. The number of carboxylic acid groups (broad SMARTS) is 1. The molecule has 4 nitrogen and oxygen atoms in total. The number of hydrogen-bond donors (Lipinski definition) is 2. The molecule has 94 valence electrons. The van der Waals surface area contributed by atoms with E-state index in [4.69, 9.17) is 5.11 Å². The molecule has 0 unspecified atom stereocenters. The van der Waals surface area contributed by atoms with E-state index >= 15 is 0 Å². The summed E-state index contributed by atoms with van der Waals surface area (Å²) in [6.45, 7) is 5.80. The Balaban J connectivity index is 2.29. The van der Waals surface area contributed by atoms with Gasteiger partial charge in [0.25, 0.3) is 0 Å². The number of nitrogens with zero attached hydrogens (tertiary/aromatic N) is 1. The maximum absolute atomic E-state index is 10.9. The predicted octanol–water partition coefficient (Wildman–Crippen LogP) is 3.51. The van der Waals surface area contributed by atoms with Crippen molar-refractivity contribution in [2.24, 2.45) is 0 Å². The van der Waals surface area contributed by atoms with Crippen LogP contribution in [0.25, 0.3) is 0 Å². The van der Waals surface area contributed by atoms with Crippen molar-refractivity contribution in [2.75, 3.05) is 5.32 Å². The van der Waals surface area contributed by atoms with Crippen LogP contribution in [0.4, 0.5) is 10.8 Å². The van der Waals surface area contributed by atoms with Crippen LogP contribution in [0.15, 0.2) is 18.2 Å². The summed E-state index contributed by atoms with van der Waals surface area (Å²) in [5, 5.41) is 12.7. The van der Waals surface area contributed by atoms with Crippen LogP contribution in [0, 0.1) is 20.8 Å².